The summed E-state index contributed by atoms with van der Waals surface area (Å²) in [7, 11) is 1.51. The largest absolute Gasteiger partial charge is 0.480 e. The first-order valence-corrected chi connectivity index (χ1v) is 5.69. The average Bonchev–Trinajstić information content (AvgIpc) is 2.51. The molecule has 6 heteroatoms. The monoisotopic (exact) mass is 255 g/mol. The summed E-state index contributed by atoms with van der Waals surface area (Å²) < 4.78 is 4.84. The molecule has 0 aromatic carbocycles. The maximum Gasteiger partial charge on any atom is 0.326 e. The van der Waals surface area contributed by atoms with E-state index in [9.17, 15) is 14.4 Å². The number of carbonyl (C=O) groups excluding carboxylic acids is 2. The molecule has 0 aliphatic carbocycles. The van der Waals surface area contributed by atoms with Crippen molar-refractivity contribution in [3.63, 3.8) is 0 Å². The molecule has 6 nitrogen and oxygen atoms in total. The summed E-state index contributed by atoms with van der Waals surface area (Å²) in [5, 5.41) is 9.14. The van der Waals surface area contributed by atoms with Crippen LogP contribution in [-0.4, -0.2) is 47.5 Å². The van der Waals surface area contributed by atoms with Crippen LogP contribution in [0.2, 0.25) is 0 Å². The Morgan fingerprint density at radius 1 is 1.28 bits per heavy atom. The van der Waals surface area contributed by atoms with E-state index in [4.69, 9.17) is 9.84 Å². The number of carboxylic acid groups (broad SMARTS) is 1. The fourth-order valence-corrected chi connectivity index (χ4v) is 1.84. The summed E-state index contributed by atoms with van der Waals surface area (Å²) >= 11 is 0. The lowest BCUT2D eigenvalue weighted by Gasteiger charge is -2.23. The summed E-state index contributed by atoms with van der Waals surface area (Å²) in [5.74, 6) is -2.19. The Labute approximate surface area is 105 Å². The van der Waals surface area contributed by atoms with Gasteiger partial charge in [-0.2, -0.15) is 0 Å². The molecule has 1 rings (SSSR count). The number of nitrogens with zero attached hydrogens (tertiary/aromatic N) is 1. The molecule has 0 fully saturated rings. The highest BCUT2D eigenvalue weighted by molar-refractivity contribution is 6.20. The first-order valence-electron chi connectivity index (χ1n) is 5.69. The van der Waals surface area contributed by atoms with Crippen LogP contribution in [0.5, 0.6) is 0 Å². The Bertz CT molecular complexity index is 389. The highest BCUT2D eigenvalue weighted by Crippen LogP contribution is 2.24. The minimum absolute atomic E-state index is 0.196. The van der Waals surface area contributed by atoms with E-state index in [2.05, 4.69) is 0 Å². The van der Waals surface area contributed by atoms with E-state index >= 15 is 0 Å². The molecule has 0 aromatic heterocycles. The summed E-state index contributed by atoms with van der Waals surface area (Å²) in [6.45, 7) is 3.46. The van der Waals surface area contributed by atoms with Crippen LogP contribution >= 0.6 is 0 Å². The van der Waals surface area contributed by atoms with Gasteiger partial charge in [0, 0.05) is 24.9 Å². The molecule has 1 N–H and O–H groups in total. The summed E-state index contributed by atoms with van der Waals surface area (Å²) in [6.07, 6.45) is 0.670. The van der Waals surface area contributed by atoms with Crippen molar-refractivity contribution < 1.29 is 24.2 Å². The number of carboxylic acids is 1. The summed E-state index contributed by atoms with van der Waals surface area (Å²) in [5.41, 5.74) is 0.635. The molecule has 0 saturated heterocycles. The molecule has 1 aliphatic heterocycles. The number of imide groups is 1. The zero-order chi connectivity index (χ0) is 13.9. The van der Waals surface area contributed by atoms with Crippen molar-refractivity contribution in [3.8, 4) is 0 Å². The maximum atomic E-state index is 11.9. The number of hydrogen-bond donors (Lipinski definition) is 1. The van der Waals surface area contributed by atoms with Gasteiger partial charge in [0.05, 0.1) is 0 Å². The first-order chi connectivity index (χ1) is 8.41. The molecule has 18 heavy (non-hydrogen) atoms. The van der Waals surface area contributed by atoms with Gasteiger partial charge in [0.15, 0.2) is 0 Å². The van der Waals surface area contributed by atoms with Crippen molar-refractivity contribution >= 4 is 17.8 Å². The zero-order valence-corrected chi connectivity index (χ0v) is 10.7. The third kappa shape index (κ3) is 2.59. The first kappa shape index (κ1) is 14.4. The van der Waals surface area contributed by atoms with Crippen LogP contribution < -0.4 is 0 Å². The smallest absolute Gasteiger partial charge is 0.326 e. The summed E-state index contributed by atoms with van der Waals surface area (Å²) in [6, 6.07) is -1.12. The van der Waals surface area contributed by atoms with Crippen LogP contribution in [0.3, 0.4) is 0 Å². The Hall–Kier alpha value is -1.69. The topological polar surface area (TPSA) is 83.9 Å². The van der Waals surface area contributed by atoms with E-state index in [-0.39, 0.29) is 6.42 Å². The van der Waals surface area contributed by atoms with Gasteiger partial charge in [-0.1, -0.05) is 0 Å². The number of methoxy groups -OCH3 is 1. The van der Waals surface area contributed by atoms with Crippen LogP contribution in [0.1, 0.15) is 26.7 Å². The van der Waals surface area contributed by atoms with E-state index in [1.54, 1.807) is 0 Å². The Balaban J connectivity index is 2.86. The predicted molar refractivity (Wildman–Crippen MR) is 62.8 cm³/mol. The summed E-state index contributed by atoms with van der Waals surface area (Å²) in [4.78, 5) is 35.7. The molecule has 0 radical (unpaired) electrons. The van der Waals surface area contributed by atoms with Gasteiger partial charge in [-0.05, 0) is 26.7 Å². The van der Waals surface area contributed by atoms with Gasteiger partial charge in [0.2, 0.25) is 0 Å². The average molecular weight is 255 g/mol. The van der Waals surface area contributed by atoms with Crippen molar-refractivity contribution in [2.45, 2.75) is 32.7 Å². The van der Waals surface area contributed by atoms with Gasteiger partial charge in [0.1, 0.15) is 6.04 Å². The number of amides is 2. The van der Waals surface area contributed by atoms with E-state index in [1.165, 1.54) is 21.0 Å². The van der Waals surface area contributed by atoms with E-state index in [0.717, 1.165) is 4.90 Å². The molecular formula is C12H17NO5. The zero-order valence-electron chi connectivity index (χ0n) is 10.7. The van der Waals surface area contributed by atoms with Gasteiger partial charge in [-0.25, -0.2) is 4.79 Å². The second-order valence-electron chi connectivity index (χ2n) is 4.22. The lowest BCUT2D eigenvalue weighted by Crippen LogP contribution is -2.45. The molecule has 2 amide bonds. The van der Waals surface area contributed by atoms with Crippen molar-refractivity contribution in [2.24, 2.45) is 0 Å². The third-order valence-corrected chi connectivity index (χ3v) is 3.06. The predicted octanol–water partition coefficient (Wildman–Crippen LogP) is 0.571. The Kier molecular flexibility index (Phi) is 4.61. The fourth-order valence-electron chi connectivity index (χ4n) is 1.84. The minimum atomic E-state index is -1.17. The molecule has 1 aliphatic rings. The fraction of sp³-hybridized carbons (Fsp3) is 0.583. The van der Waals surface area contributed by atoms with Gasteiger partial charge in [0.25, 0.3) is 11.8 Å². The number of carbonyl (C=O) groups is 3. The van der Waals surface area contributed by atoms with Crippen molar-refractivity contribution in [3.05, 3.63) is 11.1 Å². The van der Waals surface area contributed by atoms with Crippen molar-refractivity contribution in [2.75, 3.05) is 13.7 Å². The SMILES string of the molecule is COCCCC(C(=O)O)N1C(=O)C(C)=C(C)C1=O. The lowest BCUT2D eigenvalue weighted by molar-refractivity contribution is -0.154. The molecule has 1 heterocycles. The van der Waals surface area contributed by atoms with Crippen LogP contribution in [0.25, 0.3) is 0 Å². The van der Waals surface area contributed by atoms with Crippen LogP contribution in [0.4, 0.5) is 0 Å². The van der Waals surface area contributed by atoms with Crippen LogP contribution in [-0.2, 0) is 19.1 Å². The quantitative estimate of drug-likeness (QED) is 0.554. The van der Waals surface area contributed by atoms with E-state index in [1.807, 2.05) is 0 Å². The lowest BCUT2D eigenvalue weighted by atomic mass is 10.1. The van der Waals surface area contributed by atoms with Gasteiger partial charge >= 0.3 is 5.97 Å². The van der Waals surface area contributed by atoms with Gasteiger partial charge in [-0.15, -0.1) is 0 Å². The number of ether oxygens (including phenoxy) is 1. The van der Waals surface area contributed by atoms with Crippen molar-refractivity contribution in [1.82, 2.24) is 4.90 Å². The number of rotatable bonds is 6. The molecule has 0 bridgehead atoms. The van der Waals surface area contributed by atoms with E-state index < -0.39 is 23.8 Å². The van der Waals surface area contributed by atoms with Crippen LogP contribution in [0.15, 0.2) is 11.1 Å². The molecule has 1 atom stereocenters. The van der Waals surface area contributed by atoms with E-state index in [0.29, 0.717) is 24.2 Å². The molecule has 0 aromatic rings. The number of aliphatic carboxylic acids is 1. The Morgan fingerprint density at radius 3 is 2.17 bits per heavy atom. The highest BCUT2D eigenvalue weighted by atomic mass is 16.5. The molecule has 0 saturated carbocycles. The number of hydrogen-bond acceptors (Lipinski definition) is 4. The third-order valence-electron chi connectivity index (χ3n) is 3.06. The molecule has 1 unspecified atom stereocenters. The maximum absolute atomic E-state index is 11.9. The second-order valence-corrected chi connectivity index (χ2v) is 4.22. The Morgan fingerprint density at radius 2 is 1.78 bits per heavy atom. The second kappa shape index (κ2) is 5.77. The molecule has 0 spiro atoms. The van der Waals surface area contributed by atoms with Crippen molar-refractivity contribution in [1.29, 1.82) is 0 Å². The van der Waals surface area contributed by atoms with Gasteiger partial charge < -0.3 is 9.84 Å². The highest BCUT2D eigenvalue weighted by Gasteiger charge is 2.41. The minimum Gasteiger partial charge on any atom is -0.480 e. The molecule has 100 valence electrons. The van der Waals surface area contributed by atoms with Crippen LogP contribution in [0, 0.1) is 0 Å². The van der Waals surface area contributed by atoms with Gasteiger partial charge in [-0.3, -0.25) is 14.5 Å². The standard InChI is InChI=1S/C12H17NO5/c1-7-8(2)11(15)13(10(7)14)9(12(16)17)5-4-6-18-3/h9H,4-6H2,1-3H3,(H,16,17). The molecular weight excluding hydrogens is 238 g/mol. The normalized spacial score (nSPS) is 17.6.